The predicted molar refractivity (Wildman–Crippen MR) is 98.3 cm³/mol. The van der Waals surface area contributed by atoms with E-state index in [0.717, 1.165) is 42.1 Å². The quantitative estimate of drug-likeness (QED) is 0.874. The number of hydrogen-bond donors (Lipinski definition) is 1. The molecule has 1 aliphatic heterocycles. The lowest BCUT2D eigenvalue weighted by Crippen LogP contribution is -2.34. The molecule has 2 aromatic carbocycles. The Morgan fingerprint density at radius 3 is 2.72 bits per heavy atom. The van der Waals surface area contributed by atoms with Crippen LogP contribution in [-0.2, 0) is 0 Å². The van der Waals surface area contributed by atoms with E-state index in [2.05, 4.69) is 5.32 Å². The van der Waals surface area contributed by atoms with Crippen molar-refractivity contribution in [3.63, 3.8) is 0 Å². The summed E-state index contributed by atoms with van der Waals surface area (Å²) < 4.78 is 10.7. The highest BCUT2D eigenvalue weighted by Crippen LogP contribution is 2.33. The highest BCUT2D eigenvalue weighted by molar-refractivity contribution is 5.90. The average Bonchev–Trinajstić information content (AvgIpc) is 3.13. The molecule has 0 bridgehead atoms. The number of carbonyl (C=O) groups is 1. The van der Waals surface area contributed by atoms with Gasteiger partial charge in [0.05, 0.1) is 19.8 Å². The Hall–Kier alpha value is -2.69. The standard InChI is InChI=1S/C20H24N2O3/c1-3-25-17-11-9-15(10-12-17)19-8-5-13-22(19)20(23)21-16-6-4-7-18(14-16)24-2/h4,6-7,9-12,14,19H,3,5,8,13H2,1-2H3,(H,21,23). The van der Waals surface area contributed by atoms with Gasteiger partial charge >= 0.3 is 6.03 Å². The lowest BCUT2D eigenvalue weighted by atomic mass is 10.0. The van der Waals surface area contributed by atoms with Gasteiger partial charge in [0.2, 0.25) is 0 Å². The molecule has 5 heteroatoms. The summed E-state index contributed by atoms with van der Waals surface area (Å²) in [6.07, 6.45) is 1.98. The second kappa shape index (κ2) is 7.92. The number of benzene rings is 2. The fraction of sp³-hybridized carbons (Fsp3) is 0.350. The molecule has 25 heavy (non-hydrogen) atoms. The molecule has 1 fully saturated rings. The summed E-state index contributed by atoms with van der Waals surface area (Å²) in [4.78, 5) is 14.6. The number of carbonyl (C=O) groups excluding carboxylic acids is 1. The van der Waals surface area contributed by atoms with Gasteiger partial charge in [-0.1, -0.05) is 18.2 Å². The summed E-state index contributed by atoms with van der Waals surface area (Å²) in [7, 11) is 1.61. The van der Waals surface area contributed by atoms with Crippen molar-refractivity contribution in [2.24, 2.45) is 0 Å². The zero-order valence-corrected chi connectivity index (χ0v) is 14.7. The fourth-order valence-corrected chi connectivity index (χ4v) is 3.21. The van der Waals surface area contributed by atoms with Crippen LogP contribution < -0.4 is 14.8 Å². The van der Waals surface area contributed by atoms with Gasteiger partial charge in [0.25, 0.3) is 0 Å². The van der Waals surface area contributed by atoms with Crippen molar-refractivity contribution in [2.45, 2.75) is 25.8 Å². The van der Waals surface area contributed by atoms with Gasteiger partial charge in [-0.25, -0.2) is 4.79 Å². The number of ether oxygens (including phenoxy) is 2. The molecule has 1 saturated heterocycles. The van der Waals surface area contributed by atoms with Crippen molar-refractivity contribution in [1.82, 2.24) is 4.90 Å². The lowest BCUT2D eigenvalue weighted by Gasteiger charge is -2.25. The minimum Gasteiger partial charge on any atom is -0.497 e. The van der Waals surface area contributed by atoms with Gasteiger partial charge in [-0.15, -0.1) is 0 Å². The van der Waals surface area contributed by atoms with Gasteiger partial charge < -0.3 is 19.7 Å². The van der Waals surface area contributed by atoms with Crippen LogP contribution in [0.25, 0.3) is 0 Å². The monoisotopic (exact) mass is 340 g/mol. The van der Waals surface area contributed by atoms with Gasteiger partial charge in [-0.3, -0.25) is 0 Å². The molecule has 2 amide bonds. The first-order chi connectivity index (χ1) is 12.2. The molecule has 5 nitrogen and oxygen atoms in total. The largest absolute Gasteiger partial charge is 0.497 e. The molecular formula is C20H24N2O3. The molecule has 0 radical (unpaired) electrons. The third-order valence-corrected chi connectivity index (χ3v) is 4.41. The van der Waals surface area contributed by atoms with Crippen LogP contribution in [0.15, 0.2) is 48.5 Å². The number of likely N-dealkylation sites (tertiary alicyclic amines) is 1. The molecule has 1 N–H and O–H groups in total. The van der Waals surface area contributed by atoms with Crippen LogP contribution in [0, 0.1) is 0 Å². The Morgan fingerprint density at radius 1 is 1.20 bits per heavy atom. The van der Waals surface area contributed by atoms with E-state index in [4.69, 9.17) is 9.47 Å². The number of methoxy groups -OCH3 is 1. The molecule has 0 aliphatic carbocycles. The molecule has 1 aliphatic rings. The Balaban J connectivity index is 1.70. The first-order valence-electron chi connectivity index (χ1n) is 8.65. The maximum absolute atomic E-state index is 12.7. The molecule has 0 aromatic heterocycles. The molecule has 3 rings (SSSR count). The average molecular weight is 340 g/mol. The minimum atomic E-state index is -0.0790. The zero-order chi connectivity index (χ0) is 17.6. The van der Waals surface area contributed by atoms with Gasteiger partial charge in [-0.2, -0.15) is 0 Å². The third kappa shape index (κ3) is 4.05. The van der Waals surface area contributed by atoms with Gasteiger partial charge in [-0.05, 0) is 49.6 Å². The van der Waals surface area contributed by atoms with E-state index in [0.29, 0.717) is 6.61 Å². The van der Waals surface area contributed by atoms with Crippen LogP contribution in [0.5, 0.6) is 11.5 Å². The first-order valence-corrected chi connectivity index (χ1v) is 8.65. The van der Waals surface area contributed by atoms with Crippen molar-refractivity contribution < 1.29 is 14.3 Å². The second-order valence-electron chi connectivity index (χ2n) is 6.02. The molecule has 1 heterocycles. The van der Waals surface area contributed by atoms with E-state index < -0.39 is 0 Å². The van der Waals surface area contributed by atoms with E-state index in [1.165, 1.54) is 0 Å². The molecule has 132 valence electrons. The SMILES string of the molecule is CCOc1ccc(C2CCCN2C(=O)Nc2cccc(OC)c2)cc1. The number of rotatable bonds is 5. The Kier molecular flexibility index (Phi) is 5.43. The number of nitrogens with one attached hydrogen (secondary N) is 1. The van der Waals surface area contributed by atoms with Crippen LogP contribution in [-0.4, -0.2) is 31.2 Å². The highest BCUT2D eigenvalue weighted by Gasteiger charge is 2.30. The molecule has 1 unspecified atom stereocenters. The first kappa shape index (κ1) is 17.1. The Labute approximate surface area is 148 Å². The number of amides is 2. The van der Waals surface area contributed by atoms with Gasteiger partial charge in [0, 0.05) is 18.3 Å². The number of anilines is 1. The highest BCUT2D eigenvalue weighted by atomic mass is 16.5. The smallest absolute Gasteiger partial charge is 0.322 e. The third-order valence-electron chi connectivity index (χ3n) is 4.41. The second-order valence-corrected chi connectivity index (χ2v) is 6.02. The van der Waals surface area contributed by atoms with Crippen LogP contribution in [0.2, 0.25) is 0 Å². The normalized spacial score (nSPS) is 16.6. The predicted octanol–water partition coefficient (Wildman–Crippen LogP) is 4.46. The molecule has 1 atom stereocenters. The van der Waals surface area contributed by atoms with Crippen molar-refractivity contribution in [3.8, 4) is 11.5 Å². The fourth-order valence-electron chi connectivity index (χ4n) is 3.21. The van der Waals surface area contributed by atoms with Crippen LogP contribution >= 0.6 is 0 Å². The van der Waals surface area contributed by atoms with Crippen molar-refractivity contribution in [1.29, 1.82) is 0 Å². The van der Waals surface area contributed by atoms with E-state index in [1.807, 2.05) is 60.4 Å². The Bertz CT molecular complexity index is 715. The zero-order valence-electron chi connectivity index (χ0n) is 14.7. The molecule has 2 aromatic rings. The minimum absolute atomic E-state index is 0.0790. The van der Waals surface area contributed by atoms with Crippen molar-refractivity contribution >= 4 is 11.7 Å². The number of urea groups is 1. The topological polar surface area (TPSA) is 50.8 Å². The lowest BCUT2D eigenvalue weighted by molar-refractivity contribution is 0.207. The maximum Gasteiger partial charge on any atom is 0.322 e. The number of nitrogens with zero attached hydrogens (tertiary/aromatic N) is 1. The molecule has 0 spiro atoms. The van der Waals surface area contributed by atoms with E-state index >= 15 is 0 Å². The van der Waals surface area contributed by atoms with Gasteiger partial charge in [0.1, 0.15) is 11.5 Å². The van der Waals surface area contributed by atoms with E-state index in [-0.39, 0.29) is 12.1 Å². The Morgan fingerprint density at radius 2 is 2.00 bits per heavy atom. The van der Waals surface area contributed by atoms with Crippen LogP contribution in [0.4, 0.5) is 10.5 Å². The van der Waals surface area contributed by atoms with E-state index in [9.17, 15) is 4.79 Å². The van der Waals surface area contributed by atoms with E-state index in [1.54, 1.807) is 7.11 Å². The van der Waals surface area contributed by atoms with Crippen molar-refractivity contribution in [3.05, 3.63) is 54.1 Å². The maximum atomic E-state index is 12.7. The molecular weight excluding hydrogens is 316 g/mol. The van der Waals surface area contributed by atoms with Gasteiger partial charge in [0.15, 0.2) is 0 Å². The summed E-state index contributed by atoms with van der Waals surface area (Å²) in [6.45, 7) is 3.38. The summed E-state index contributed by atoms with van der Waals surface area (Å²) >= 11 is 0. The van der Waals surface area contributed by atoms with Crippen molar-refractivity contribution in [2.75, 3.05) is 25.6 Å². The summed E-state index contributed by atoms with van der Waals surface area (Å²) in [5.74, 6) is 1.58. The summed E-state index contributed by atoms with van der Waals surface area (Å²) in [5.41, 5.74) is 1.88. The summed E-state index contributed by atoms with van der Waals surface area (Å²) in [6, 6.07) is 15.5. The van der Waals surface area contributed by atoms with Crippen LogP contribution in [0.3, 0.4) is 0 Å². The number of hydrogen-bond acceptors (Lipinski definition) is 3. The van der Waals surface area contributed by atoms with Crippen LogP contribution in [0.1, 0.15) is 31.4 Å². The summed E-state index contributed by atoms with van der Waals surface area (Å²) in [5, 5.41) is 2.97. The molecule has 0 saturated carbocycles.